The molecule has 14 nitrogen and oxygen atoms in total. The van der Waals surface area contributed by atoms with Crippen molar-refractivity contribution in [2.24, 2.45) is 7.05 Å². The van der Waals surface area contributed by atoms with E-state index in [1.807, 2.05) is 46.8 Å². The summed E-state index contributed by atoms with van der Waals surface area (Å²) < 4.78 is 65.8. The van der Waals surface area contributed by atoms with Crippen molar-refractivity contribution in [3.63, 3.8) is 0 Å². The second-order valence-corrected chi connectivity index (χ2v) is 21.3. The number of aromatic nitrogens is 2. The van der Waals surface area contributed by atoms with E-state index >= 15 is 14.0 Å². The molecule has 2 saturated heterocycles. The molecule has 4 aliphatic rings. The lowest BCUT2D eigenvalue weighted by Gasteiger charge is -2.41. The number of rotatable bonds is 16. The molecule has 18 heteroatoms. The van der Waals surface area contributed by atoms with Gasteiger partial charge >= 0.3 is 6.55 Å². The summed E-state index contributed by atoms with van der Waals surface area (Å²) in [6, 6.07) is 27.1. The number of anilines is 2. The molecule has 0 spiro atoms. The number of piperazine rings is 1. The zero-order valence-corrected chi connectivity index (χ0v) is 45.1. The number of nitriles is 1. The fourth-order valence-electron chi connectivity index (χ4n) is 11.9. The Balaban J connectivity index is 0.969. The standard InChI is InChI=1S/C61H67F4N9O5/c1-40-52(60(78)74(47-12-14-50(75)15-13-47)56-33-48(36-66)73(41(56)2)61(64)65)35-57(67(40)3)53-30-43-17-21-71(58(76)32-44-11-16-51(34-55(44)63)79-28-27-69-25-23-68(22-18-62)24-26-69)37-46(43)31-54(53)59(77)72-38-45-10-6-5-9-42(45)29-49(72)39-70-19-7-4-8-20-70/h5-6,9-16,30-31,33-35,49,61,75H,4,7-8,17-29,32,37-39H2,1-3H3/t49-/m0/s1. The maximum absolute atomic E-state index is 15.8. The molecular weight excluding hydrogens is 1010 g/mol. The average Bonchev–Trinajstić information content (AvgIpc) is 4.19. The van der Waals surface area contributed by atoms with Crippen LogP contribution >= 0.6 is 0 Å². The monoisotopic (exact) mass is 1080 g/mol. The molecule has 0 radical (unpaired) electrons. The normalized spacial score (nSPS) is 17.1. The average molecular weight is 1080 g/mol. The number of amides is 3. The molecule has 6 aromatic rings. The lowest BCUT2D eigenvalue weighted by molar-refractivity contribution is -0.131. The first kappa shape index (κ1) is 54.9. The summed E-state index contributed by atoms with van der Waals surface area (Å²) >= 11 is 0. The van der Waals surface area contributed by atoms with Gasteiger partial charge in [-0.3, -0.25) is 33.7 Å². The Hall–Kier alpha value is -7.46. The second kappa shape index (κ2) is 23.9. The van der Waals surface area contributed by atoms with Crippen molar-refractivity contribution in [1.29, 1.82) is 5.26 Å². The fraction of sp³-hybridized carbons (Fsp3) is 0.410. The van der Waals surface area contributed by atoms with Crippen LogP contribution in [0.1, 0.15) is 91.4 Å². The highest BCUT2D eigenvalue weighted by Crippen LogP contribution is 2.40. The Bertz CT molecular complexity index is 3260. The number of halogens is 4. The first-order valence-corrected chi connectivity index (χ1v) is 27.3. The zero-order chi connectivity index (χ0) is 55.5. The number of phenols is 1. The summed E-state index contributed by atoms with van der Waals surface area (Å²) in [7, 11) is 1.81. The SMILES string of the molecule is Cc1c(C(=O)N(c2ccc(O)cc2)c2cc(C#N)n(C(F)F)c2C)cc(-c2cc3c(cc2C(=O)N2Cc4ccccc4C[C@H]2CN2CCCCC2)CN(C(=O)Cc2ccc(OCCN4CCN(CCF)CC4)cc2F)CC3)n1C. The minimum atomic E-state index is -3.06. The zero-order valence-electron chi connectivity index (χ0n) is 45.1. The van der Waals surface area contributed by atoms with Gasteiger partial charge in [-0.2, -0.15) is 14.0 Å². The van der Waals surface area contributed by atoms with Crippen LogP contribution < -0.4 is 9.64 Å². The molecule has 2 fully saturated rings. The van der Waals surface area contributed by atoms with Crippen molar-refractivity contribution in [2.45, 2.75) is 78.1 Å². The van der Waals surface area contributed by atoms with Gasteiger partial charge in [-0.05, 0) is 135 Å². The summed E-state index contributed by atoms with van der Waals surface area (Å²) in [5, 5.41) is 20.2. The van der Waals surface area contributed by atoms with E-state index in [4.69, 9.17) is 4.74 Å². The highest BCUT2D eigenvalue weighted by atomic mass is 19.3. The molecule has 414 valence electrons. The van der Waals surface area contributed by atoms with Gasteiger partial charge in [0.25, 0.3) is 11.8 Å². The number of alkyl halides is 3. The number of aromatic hydroxyl groups is 1. The number of hydrogen-bond donors (Lipinski definition) is 1. The first-order chi connectivity index (χ1) is 38.2. The Morgan fingerprint density at radius 3 is 2.19 bits per heavy atom. The van der Waals surface area contributed by atoms with E-state index in [-0.39, 0.29) is 77.1 Å². The number of carbonyl (C=O) groups excluding carboxylic acids is 3. The van der Waals surface area contributed by atoms with Crippen molar-refractivity contribution in [3.05, 3.63) is 153 Å². The molecule has 10 rings (SSSR count). The number of carbonyl (C=O) groups is 3. The van der Waals surface area contributed by atoms with Gasteiger partial charge in [0.2, 0.25) is 5.91 Å². The third-order valence-electron chi connectivity index (χ3n) is 16.5. The van der Waals surface area contributed by atoms with Crippen LogP contribution in [0.2, 0.25) is 0 Å². The first-order valence-electron chi connectivity index (χ1n) is 27.3. The van der Waals surface area contributed by atoms with Gasteiger partial charge in [0.1, 0.15) is 42.4 Å². The number of fused-ring (bicyclic) bond motifs is 2. The summed E-state index contributed by atoms with van der Waals surface area (Å²) in [4.78, 5) is 56.9. The van der Waals surface area contributed by atoms with Gasteiger partial charge in [0, 0.05) is 118 Å². The van der Waals surface area contributed by atoms with E-state index in [2.05, 4.69) is 26.8 Å². The molecular formula is C61H67F4N9O5. The van der Waals surface area contributed by atoms with Crippen LogP contribution in [0.15, 0.2) is 91.0 Å². The minimum Gasteiger partial charge on any atom is -0.508 e. The fourth-order valence-corrected chi connectivity index (χ4v) is 11.9. The van der Waals surface area contributed by atoms with Crippen LogP contribution in [-0.4, -0.2) is 141 Å². The van der Waals surface area contributed by atoms with Crippen LogP contribution in [0.3, 0.4) is 0 Å². The minimum absolute atomic E-state index is 0.0165. The third kappa shape index (κ3) is 11.7. The van der Waals surface area contributed by atoms with E-state index < -0.39 is 18.3 Å². The van der Waals surface area contributed by atoms with E-state index in [1.54, 1.807) is 30.0 Å². The van der Waals surface area contributed by atoms with Crippen LogP contribution in [0.5, 0.6) is 11.5 Å². The predicted octanol–water partition coefficient (Wildman–Crippen LogP) is 9.35. The van der Waals surface area contributed by atoms with Crippen molar-refractivity contribution < 1.29 is 41.8 Å². The molecule has 0 aliphatic carbocycles. The number of ether oxygens (including phenoxy) is 1. The third-order valence-corrected chi connectivity index (χ3v) is 16.5. The molecule has 6 heterocycles. The van der Waals surface area contributed by atoms with E-state index in [0.717, 1.165) is 68.8 Å². The van der Waals surface area contributed by atoms with Crippen LogP contribution in [0.4, 0.5) is 28.9 Å². The molecule has 1 atom stereocenters. The summed E-state index contributed by atoms with van der Waals surface area (Å²) in [6.07, 6.45) is 4.27. The van der Waals surface area contributed by atoms with Gasteiger partial charge in [-0.1, -0.05) is 36.8 Å². The van der Waals surface area contributed by atoms with Crippen molar-refractivity contribution >= 4 is 29.1 Å². The summed E-state index contributed by atoms with van der Waals surface area (Å²) in [5.74, 6) is -1.31. The Morgan fingerprint density at radius 2 is 1.51 bits per heavy atom. The van der Waals surface area contributed by atoms with Gasteiger partial charge < -0.3 is 29.1 Å². The smallest absolute Gasteiger partial charge is 0.319 e. The van der Waals surface area contributed by atoms with Crippen LogP contribution in [0.25, 0.3) is 11.3 Å². The maximum Gasteiger partial charge on any atom is 0.319 e. The van der Waals surface area contributed by atoms with Gasteiger partial charge in [0.05, 0.1) is 17.7 Å². The number of nitrogens with zero attached hydrogens (tertiary/aromatic N) is 9. The topological polar surface area (TPSA) is 134 Å². The molecule has 1 N–H and O–H groups in total. The second-order valence-electron chi connectivity index (χ2n) is 21.3. The van der Waals surface area contributed by atoms with E-state index in [9.17, 15) is 28.3 Å². The molecule has 79 heavy (non-hydrogen) atoms. The van der Waals surface area contributed by atoms with Crippen LogP contribution in [0, 0.1) is 31.0 Å². The van der Waals surface area contributed by atoms with Gasteiger partial charge in [0.15, 0.2) is 0 Å². The number of piperidine rings is 1. The lowest BCUT2D eigenvalue weighted by atomic mass is 9.89. The van der Waals surface area contributed by atoms with Crippen molar-refractivity contribution in [3.8, 4) is 28.8 Å². The molecule has 3 amide bonds. The van der Waals surface area contributed by atoms with Gasteiger partial charge in [-0.25, -0.2) is 8.78 Å². The number of hydrogen-bond acceptors (Lipinski definition) is 9. The quantitative estimate of drug-likeness (QED) is 0.0942. The lowest BCUT2D eigenvalue weighted by Crippen LogP contribution is -2.51. The molecule has 0 saturated carbocycles. The van der Waals surface area contributed by atoms with E-state index in [1.165, 1.54) is 60.2 Å². The number of benzene rings is 4. The highest BCUT2D eigenvalue weighted by Gasteiger charge is 2.36. The van der Waals surface area contributed by atoms with E-state index in [0.29, 0.717) is 85.0 Å². The molecule has 2 aromatic heterocycles. The molecule has 0 bridgehead atoms. The van der Waals surface area contributed by atoms with Crippen molar-refractivity contribution in [2.75, 3.05) is 83.6 Å². The molecule has 4 aliphatic heterocycles. The molecule has 0 unspecified atom stereocenters. The van der Waals surface area contributed by atoms with Crippen LogP contribution in [-0.2, 0) is 44.2 Å². The largest absolute Gasteiger partial charge is 0.508 e. The predicted molar refractivity (Wildman–Crippen MR) is 293 cm³/mol. The maximum atomic E-state index is 15.8. The molecule has 4 aromatic carbocycles. The summed E-state index contributed by atoms with van der Waals surface area (Å²) in [5.41, 5.74) is 6.39. The summed E-state index contributed by atoms with van der Waals surface area (Å²) in [6.45, 7) is 7.91. The Morgan fingerprint density at radius 1 is 0.785 bits per heavy atom. The highest BCUT2D eigenvalue weighted by molar-refractivity contribution is 6.13. The Kier molecular flexibility index (Phi) is 16.6. The Labute approximate surface area is 458 Å². The van der Waals surface area contributed by atoms with Gasteiger partial charge in [-0.15, -0.1) is 0 Å². The number of likely N-dealkylation sites (tertiary alicyclic amines) is 1. The van der Waals surface area contributed by atoms with Crippen molar-refractivity contribution in [1.82, 2.24) is 33.6 Å². The number of phenolic OH excluding ortho intramolecular Hbond substituents is 1.